The molecule has 5 heteroatoms. The third-order valence-electron chi connectivity index (χ3n) is 3.71. The van der Waals surface area contributed by atoms with E-state index in [1.54, 1.807) is 6.07 Å². The second-order valence-electron chi connectivity index (χ2n) is 5.01. The van der Waals surface area contributed by atoms with Crippen molar-refractivity contribution in [2.45, 2.75) is 37.8 Å². The summed E-state index contributed by atoms with van der Waals surface area (Å²) < 4.78 is 0. The zero-order valence-corrected chi connectivity index (χ0v) is 11.3. The average molecular weight is 276 g/mol. The van der Waals surface area contributed by atoms with Crippen LogP contribution in [0, 0.1) is 0 Å². The van der Waals surface area contributed by atoms with Gasteiger partial charge in [-0.05, 0) is 24.3 Å². The van der Waals surface area contributed by atoms with Crippen molar-refractivity contribution in [3.05, 3.63) is 34.2 Å². The van der Waals surface area contributed by atoms with E-state index >= 15 is 0 Å². The number of nitrogens with one attached hydrogen (secondary N) is 2. The molecule has 0 spiro atoms. The summed E-state index contributed by atoms with van der Waals surface area (Å²) in [5, 5.41) is 8.09. The Kier molecular flexibility index (Phi) is 3.38. The van der Waals surface area contributed by atoms with Crippen molar-refractivity contribution in [2.24, 2.45) is 0 Å². The SMILES string of the molecule is O=C1NC2CCCCC2N/C1=C\C(=O)c1cccs1. The third kappa shape index (κ3) is 2.56. The number of carbonyl (C=O) groups excluding carboxylic acids is 2. The van der Waals surface area contributed by atoms with Crippen LogP contribution in [0.4, 0.5) is 0 Å². The van der Waals surface area contributed by atoms with E-state index in [0.29, 0.717) is 10.6 Å². The van der Waals surface area contributed by atoms with Crippen LogP contribution in [0.3, 0.4) is 0 Å². The molecule has 2 unspecified atom stereocenters. The minimum Gasteiger partial charge on any atom is -0.376 e. The van der Waals surface area contributed by atoms with Crippen LogP contribution < -0.4 is 10.6 Å². The number of fused-ring (bicyclic) bond motifs is 1. The number of thiophene rings is 1. The van der Waals surface area contributed by atoms with Gasteiger partial charge < -0.3 is 10.6 Å². The predicted octanol–water partition coefficient (Wildman–Crippen LogP) is 1.85. The minimum atomic E-state index is -0.159. The molecule has 2 atom stereocenters. The lowest BCUT2D eigenvalue weighted by Gasteiger charge is -2.38. The maximum absolute atomic E-state index is 12.0. The highest BCUT2D eigenvalue weighted by Gasteiger charge is 2.33. The number of carbonyl (C=O) groups is 2. The molecule has 2 aliphatic rings. The molecular weight excluding hydrogens is 260 g/mol. The fourth-order valence-corrected chi connectivity index (χ4v) is 3.35. The van der Waals surface area contributed by atoms with Gasteiger partial charge in [-0.1, -0.05) is 18.9 Å². The van der Waals surface area contributed by atoms with Crippen molar-refractivity contribution >= 4 is 23.0 Å². The van der Waals surface area contributed by atoms with E-state index in [1.807, 2.05) is 11.4 Å². The van der Waals surface area contributed by atoms with Crippen molar-refractivity contribution in [3.8, 4) is 0 Å². The monoisotopic (exact) mass is 276 g/mol. The lowest BCUT2D eigenvalue weighted by Crippen LogP contribution is -2.58. The highest BCUT2D eigenvalue weighted by molar-refractivity contribution is 7.12. The van der Waals surface area contributed by atoms with Gasteiger partial charge in [-0.3, -0.25) is 9.59 Å². The van der Waals surface area contributed by atoms with E-state index in [9.17, 15) is 9.59 Å². The van der Waals surface area contributed by atoms with E-state index in [-0.39, 0.29) is 23.8 Å². The summed E-state index contributed by atoms with van der Waals surface area (Å²) in [5.41, 5.74) is 0.404. The molecule has 0 aromatic carbocycles. The van der Waals surface area contributed by atoms with E-state index in [1.165, 1.54) is 23.8 Å². The minimum absolute atomic E-state index is 0.109. The van der Waals surface area contributed by atoms with Gasteiger partial charge >= 0.3 is 0 Å². The molecule has 100 valence electrons. The van der Waals surface area contributed by atoms with Gasteiger partial charge in [-0.25, -0.2) is 0 Å². The van der Waals surface area contributed by atoms with Crippen molar-refractivity contribution in [2.75, 3.05) is 0 Å². The number of hydrogen-bond donors (Lipinski definition) is 2. The molecule has 1 aromatic heterocycles. The lowest BCUT2D eigenvalue weighted by molar-refractivity contribution is -0.120. The van der Waals surface area contributed by atoms with Gasteiger partial charge in [-0.15, -0.1) is 11.3 Å². The van der Waals surface area contributed by atoms with E-state index in [2.05, 4.69) is 10.6 Å². The molecule has 1 saturated heterocycles. The Hall–Kier alpha value is -1.62. The Bertz CT molecular complexity index is 522. The Morgan fingerprint density at radius 1 is 1.26 bits per heavy atom. The molecule has 1 amide bonds. The maximum Gasteiger partial charge on any atom is 0.267 e. The summed E-state index contributed by atoms with van der Waals surface area (Å²) in [5.74, 6) is -0.269. The van der Waals surface area contributed by atoms with Crippen LogP contribution in [0.25, 0.3) is 0 Å². The zero-order valence-electron chi connectivity index (χ0n) is 10.5. The highest BCUT2D eigenvalue weighted by Crippen LogP contribution is 2.22. The standard InChI is InChI=1S/C14H16N2O2S/c17-12(13-6-3-7-19-13)8-11-14(18)16-10-5-2-1-4-9(10)15-11/h3,6-10,15H,1-2,4-5H2,(H,16,18)/b11-8-. The smallest absolute Gasteiger partial charge is 0.267 e. The second kappa shape index (κ2) is 5.17. The molecular formula is C14H16N2O2S. The molecule has 2 fully saturated rings. The molecule has 3 rings (SSSR count). The molecule has 1 aromatic rings. The first-order valence-corrected chi connectivity index (χ1v) is 7.49. The first-order chi connectivity index (χ1) is 9.24. The van der Waals surface area contributed by atoms with Gasteiger partial charge in [0.15, 0.2) is 5.78 Å². The van der Waals surface area contributed by atoms with Crippen LogP contribution in [-0.4, -0.2) is 23.8 Å². The zero-order chi connectivity index (χ0) is 13.2. The Morgan fingerprint density at radius 3 is 2.68 bits per heavy atom. The molecule has 2 heterocycles. The van der Waals surface area contributed by atoms with Crippen molar-refractivity contribution in [1.82, 2.24) is 10.6 Å². The second-order valence-corrected chi connectivity index (χ2v) is 5.96. The Labute approximate surface area is 115 Å². The average Bonchev–Trinajstić information content (AvgIpc) is 2.93. The maximum atomic E-state index is 12.0. The molecule has 19 heavy (non-hydrogen) atoms. The Morgan fingerprint density at radius 2 is 2.00 bits per heavy atom. The third-order valence-corrected chi connectivity index (χ3v) is 4.59. The molecule has 2 N–H and O–H groups in total. The van der Waals surface area contributed by atoms with Gasteiger partial charge in [0.1, 0.15) is 5.70 Å². The van der Waals surface area contributed by atoms with Crippen LogP contribution in [0.2, 0.25) is 0 Å². The summed E-state index contributed by atoms with van der Waals surface area (Å²) in [6.45, 7) is 0. The van der Waals surface area contributed by atoms with Gasteiger partial charge in [-0.2, -0.15) is 0 Å². The topological polar surface area (TPSA) is 58.2 Å². The van der Waals surface area contributed by atoms with Gasteiger partial charge in [0.05, 0.1) is 4.88 Å². The van der Waals surface area contributed by atoms with Gasteiger partial charge in [0.25, 0.3) is 5.91 Å². The number of amides is 1. The first-order valence-electron chi connectivity index (χ1n) is 6.61. The van der Waals surface area contributed by atoms with E-state index in [4.69, 9.17) is 0 Å². The summed E-state index contributed by atoms with van der Waals surface area (Å²) in [4.78, 5) is 24.6. The highest BCUT2D eigenvalue weighted by atomic mass is 32.1. The van der Waals surface area contributed by atoms with Crippen LogP contribution >= 0.6 is 11.3 Å². The number of ketones is 1. The van der Waals surface area contributed by atoms with Gasteiger partial charge in [0, 0.05) is 18.2 Å². The fourth-order valence-electron chi connectivity index (χ4n) is 2.72. The summed E-state index contributed by atoms with van der Waals surface area (Å²) >= 11 is 1.39. The largest absolute Gasteiger partial charge is 0.376 e. The van der Waals surface area contributed by atoms with Gasteiger partial charge in [0.2, 0.25) is 0 Å². The molecule has 1 saturated carbocycles. The molecule has 4 nitrogen and oxygen atoms in total. The van der Waals surface area contributed by atoms with Crippen LogP contribution in [0.15, 0.2) is 29.3 Å². The molecule has 0 bridgehead atoms. The number of rotatable bonds is 2. The van der Waals surface area contributed by atoms with Crippen molar-refractivity contribution < 1.29 is 9.59 Å². The lowest BCUT2D eigenvalue weighted by atomic mass is 9.88. The molecule has 0 radical (unpaired) electrons. The quantitative estimate of drug-likeness (QED) is 0.640. The molecule has 1 aliphatic carbocycles. The van der Waals surface area contributed by atoms with E-state index < -0.39 is 0 Å². The normalized spacial score (nSPS) is 28.4. The predicted molar refractivity (Wildman–Crippen MR) is 74.1 cm³/mol. The van der Waals surface area contributed by atoms with Crippen molar-refractivity contribution in [3.63, 3.8) is 0 Å². The van der Waals surface area contributed by atoms with Crippen molar-refractivity contribution in [1.29, 1.82) is 0 Å². The summed E-state index contributed by atoms with van der Waals surface area (Å²) in [7, 11) is 0. The number of piperazine rings is 1. The fraction of sp³-hybridized carbons (Fsp3) is 0.429. The number of hydrogen-bond acceptors (Lipinski definition) is 4. The van der Waals surface area contributed by atoms with E-state index in [0.717, 1.165) is 19.3 Å². The van der Waals surface area contributed by atoms with Crippen LogP contribution in [0.5, 0.6) is 0 Å². The number of allylic oxidation sites excluding steroid dienone is 1. The Balaban J connectivity index is 1.77. The first kappa shape index (κ1) is 12.4. The van der Waals surface area contributed by atoms with Crippen LogP contribution in [0.1, 0.15) is 35.4 Å². The summed E-state index contributed by atoms with van der Waals surface area (Å²) in [6, 6.07) is 4.10. The molecule has 1 aliphatic heterocycles. The van der Waals surface area contributed by atoms with Crippen LogP contribution in [-0.2, 0) is 4.79 Å². The summed E-state index contributed by atoms with van der Waals surface area (Å²) in [6.07, 6.45) is 5.84.